The van der Waals surface area contributed by atoms with Crippen molar-refractivity contribution in [3.8, 4) is 0 Å². The standard InChI is InChI=1S/C11H11F2N3S/c1-16(11-15-6-8(5-14)17-11)10-3-2-7(12)4-9(10)13/h2-4,6H,5,14H2,1H3. The summed E-state index contributed by atoms with van der Waals surface area (Å²) in [6.07, 6.45) is 1.65. The molecule has 3 nitrogen and oxygen atoms in total. The molecule has 2 N–H and O–H groups in total. The summed E-state index contributed by atoms with van der Waals surface area (Å²) in [5.41, 5.74) is 5.76. The summed E-state index contributed by atoms with van der Waals surface area (Å²) >= 11 is 1.38. The molecule has 0 amide bonds. The second-order valence-electron chi connectivity index (χ2n) is 3.47. The second kappa shape index (κ2) is 4.77. The van der Waals surface area contributed by atoms with Crippen LogP contribution in [0.1, 0.15) is 4.88 Å². The summed E-state index contributed by atoms with van der Waals surface area (Å²) in [4.78, 5) is 6.61. The third-order valence-corrected chi connectivity index (χ3v) is 3.40. The molecule has 0 saturated carbocycles. The van der Waals surface area contributed by atoms with Crippen LogP contribution in [-0.2, 0) is 6.54 Å². The topological polar surface area (TPSA) is 42.2 Å². The highest BCUT2D eigenvalue weighted by atomic mass is 32.1. The first-order chi connectivity index (χ1) is 8.11. The van der Waals surface area contributed by atoms with Crippen LogP contribution in [-0.4, -0.2) is 12.0 Å². The summed E-state index contributed by atoms with van der Waals surface area (Å²) in [5, 5.41) is 0.621. The van der Waals surface area contributed by atoms with E-state index in [4.69, 9.17) is 5.73 Å². The van der Waals surface area contributed by atoms with Crippen molar-refractivity contribution >= 4 is 22.2 Å². The minimum absolute atomic E-state index is 0.282. The quantitative estimate of drug-likeness (QED) is 0.916. The summed E-state index contributed by atoms with van der Waals surface area (Å²) in [5.74, 6) is -1.21. The van der Waals surface area contributed by atoms with E-state index in [1.807, 2.05) is 0 Å². The normalized spacial score (nSPS) is 10.6. The maximum Gasteiger partial charge on any atom is 0.189 e. The molecule has 0 bridgehead atoms. The van der Waals surface area contributed by atoms with E-state index in [-0.39, 0.29) is 5.69 Å². The predicted octanol–water partition coefficient (Wildman–Crippen LogP) is 2.65. The number of aromatic nitrogens is 1. The third-order valence-electron chi connectivity index (χ3n) is 2.30. The van der Waals surface area contributed by atoms with Gasteiger partial charge in [0.25, 0.3) is 0 Å². The molecule has 0 radical (unpaired) electrons. The lowest BCUT2D eigenvalue weighted by Gasteiger charge is -2.16. The van der Waals surface area contributed by atoms with Crippen LogP contribution in [0.15, 0.2) is 24.4 Å². The zero-order valence-electron chi connectivity index (χ0n) is 9.15. The molecule has 0 spiro atoms. The van der Waals surface area contributed by atoms with Crippen LogP contribution in [0, 0.1) is 11.6 Å². The Kier molecular flexibility index (Phi) is 3.35. The summed E-state index contributed by atoms with van der Waals surface area (Å²) < 4.78 is 26.3. The maximum absolute atomic E-state index is 13.5. The van der Waals surface area contributed by atoms with Crippen molar-refractivity contribution in [1.29, 1.82) is 0 Å². The lowest BCUT2D eigenvalue weighted by atomic mass is 10.3. The summed E-state index contributed by atoms with van der Waals surface area (Å²) in [6, 6.07) is 3.45. The van der Waals surface area contributed by atoms with Gasteiger partial charge < -0.3 is 10.6 Å². The number of anilines is 2. The predicted molar refractivity (Wildman–Crippen MR) is 64.4 cm³/mol. The molecular formula is C11H11F2N3S. The van der Waals surface area contributed by atoms with Crippen LogP contribution < -0.4 is 10.6 Å². The van der Waals surface area contributed by atoms with Crippen LogP contribution in [0.25, 0.3) is 0 Å². The summed E-state index contributed by atoms with van der Waals surface area (Å²) in [6.45, 7) is 0.400. The number of hydrogen-bond donors (Lipinski definition) is 1. The van der Waals surface area contributed by atoms with Crippen LogP contribution in [0.3, 0.4) is 0 Å². The van der Waals surface area contributed by atoms with E-state index < -0.39 is 11.6 Å². The van der Waals surface area contributed by atoms with E-state index in [0.29, 0.717) is 11.7 Å². The van der Waals surface area contributed by atoms with Gasteiger partial charge in [-0.05, 0) is 12.1 Å². The van der Waals surface area contributed by atoms with E-state index >= 15 is 0 Å². The second-order valence-corrected chi connectivity index (χ2v) is 4.56. The molecular weight excluding hydrogens is 244 g/mol. The van der Waals surface area contributed by atoms with E-state index in [2.05, 4.69) is 4.98 Å². The Labute approximate surface area is 102 Å². The van der Waals surface area contributed by atoms with Crippen LogP contribution in [0.4, 0.5) is 19.6 Å². The number of nitrogens with zero attached hydrogens (tertiary/aromatic N) is 2. The number of rotatable bonds is 3. The molecule has 1 aromatic carbocycles. The molecule has 0 aliphatic heterocycles. The zero-order chi connectivity index (χ0) is 12.4. The first-order valence-electron chi connectivity index (χ1n) is 4.95. The van der Waals surface area contributed by atoms with Gasteiger partial charge in [0.05, 0.1) is 5.69 Å². The van der Waals surface area contributed by atoms with Gasteiger partial charge in [0, 0.05) is 30.7 Å². The Morgan fingerprint density at radius 3 is 2.76 bits per heavy atom. The molecule has 1 aromatic heterocycles. The van der Waals surface area contributed by atoms with Crippen LogP contribution in [0.5, 0.6) is 0 Å². The Bertz CT molecular complexity index is 527. The van der Waals surface area contributed by atoms with E-state index in [1.165, 1.54) is 23.5 Å². The minimum atomic E-state index is -0.614. The smallest absolute Gasteiger partial charge is 0.189 e. The highest BCUT2D eigenvalue weighted by Gasteiger charge is 2.13. The van der Waals surface area contributed by atoms with E-state index in [9.17, 15) is 8.78 Å². The fourth-order valence-electron chi connectivity index (χ4n) is 1.40. The highest BCUT2D eigenvalue weighted by molar-refractivity contribution is 7.15. The van der Waals surface area contributed by atoms with Gasteiger partial charge in [0.15, 0.2) is 5.13 Å². The van der Waals surface area contributed by atoms with Crippen molar-refractivity contribution < 1.29 is 8.78 Å². The van der Waals surface area contributed by atoms with Crippen molar-refractivity contribution in [2.75, 3.05) is 11.9 Å². The number of thiazole rings is 1. The van der Waals surface area contributed by atoms with Crippen molar-refractivity contribution in [2.24, 2.45) is 5.73 Å². The van der Waals surface area contributed by atoms with Gasteiger partial charge in [-0.1, -0.05) is 0 Å². The van der Waals surface area contributed by atoms with Crippen molar-refractivity contribution in [2.45, 2.75) is 6.54 Å². The molecule has 0 aliphatic carbocycles. The summed E-state index contributed by atoms with van der Waals surface area (Å²) in [7, 11) is 1.68. The Balaban J connectivity index is 2.33. The first kappa shape index (κ1) is 11.9. The van der Waals surface area contributed by atoms with Crippen molar-refractivity contribution in [3.05, 3.63) is 40.9 Å². The lowest BCUT2D eigenvalue weighted by molar-refractivity contribution is 0.583. The van der Waals surface area contributed by atoms with E-state index in [0.717, 1.165) is 10.9 Å². The molecule has 2 aromatic rings. The van der Waals surface area contributed by atoms with Gasteiger partial charge in [-0.2, -0.15) is 0 Å². The van der Waals surface area contributed by atoms with Gasteiger partial charge in [0.2, 0.25) is 0 Å². The molecule has 0 aliphatic rings. The third kappa shape index (κ3) is 2.42. The molecule has 2 rings (SSSR count). The average molecular weight is 255 g/mol. The van der Waals surface area contributed by atoms with E-state index in [1.54, 1.807) is 18.1 Å². The molecule has 0 atom stereocenters. The molecule has 0 fully saturated rings. The number of benzene rings is 1. The number of nitrogens with two attached hydrogens (primary N) is 1. The number of hydrogen-bond acceptors (Lipinski definition) is 4. The van der Waals surface area contributed by atoms with Gasteiger partial charge >= 0.3 is 0 Å². The van der Waals surface area contributed by atoms with Crippen molar-refractivity contribution in [1.82, 2.24) is 4.98 Å². The van der Waals surface area contributed by atoms with Crippen LogP contribution >= 0.6 is 11.3 Å². The monoisotopic (exact) mass is 255 g/mol. The SMILES string of the molecule is CN(c1ncc(CN)s1)c1ccc(F)cc1F. The molecule has 90 valence electrons. The van der Waals surface area contributed by atoms with Crippen molar-refractivity contribution in [3.63, 3.8) is 0 Å². The Morgan fingerprint density at radius 1 is 1.41 bits per heavy atom. The molecule has 17 heavy (non-hydrogen) atoms. The van der Waals surface area contributed by atoms with Crippen LogP contribution in [0.2, 0.25) is 0 Å². The molecule has 6 heteroatoms. The fraction of sp³-hybridized carbons (Fsp3) is 0.182. The van der Waals surface area contributed by atoms with Gasteiger partial charge in [-0.15, -0.1) is 11.3 Å². The first-order valence-corrected chi connectivity index (χ1v) is 5.77. The maximum atomic E-state index is 13.5. The Morgan fingerprint density at radius 2 is 2.18 bits per heavy atom. The zero-order valence-corrected chi connectivity index (χ0v) is 9.97. The largest absolute Gasteiger partial charge is 0.326 e. The van der Waals surface area contributed by atoms with Gasteiger partial charge in [-0.25, -0.2) is 13.8 Å². The average Bonchev–Trinajstić information content (AvgIpc) is 2.76. The van der Waals surface area contributed by atoms with Gasteiger partial charge in [-0.3, -0.25) is 0 Å². The lowest BCUT2D eigenvalue weighted by Crippen LogP contribution is -2.10. The van der Waals surface area contributed by atoms with Gasteiger partial charge in [0.1, 0.15) is 11.6 Å². The highest BCUT2D eigenvalue weighted by Crippen LogP contribution is 2.29. The molecule has 0 saturated heterocycles. The number of halogens is 2. The fourth-order valence-corrected chi connectivity index (χ4v) is 2.17. The minimum Gasteiger partial charge on any atom is -0.326 e. The molecule has 0 unspecified atom stereocenters. The molecule has 1 heterocycles. The Hall–Kier alpha value is -1.53.